The lowest BCUT2D eigenvalue weighted by Gasteiger charge is -2.34. The summed E-state index contributed by atoms with van der Waals surface area (Å²) >= 11 is 0. The molecule has 2 aliphatic heterocycles. The number of carbonyl (C=O) groups excluding carboxylic acids is 2. The number of aromatic nitrogens is 3. The summed E-state index contributed by atoms with van der Waals surface area (Å²) in [5.74, 6) is -5.22. The van der Waals surface area contributed by atoms with Gasteiger partial charge in [-0.1, -0.05) is 12.1 Å². The Morgan fingerprint density at radius 2 is 1.90 bits per heavy atom. The first-order valence-electron chi connectivity index (χ1n) is 14.8. The van der Waals surface area contributed by atoms with Gasteiger partial charge in [-0.25, -0.2) is 23.4 Å². The standard InChI is InChI=1S/C26H27F5N6O3/c27-18-4-1-3-17(21(18)28)15-6-7-19(23(38)36(13-15)14-26(29,30)31)33-24(39)35-11-8-16(9-12-35)37-20-5-2-10-32-22(20)34-25(37)40/h1-5,10,15-16,19H,6-9,11-14H2,(H,33,39)(H,32,34,40)/t15-,19-/m1/s1/i8D2,9D2,19D. The predicted octanol–water partition coefficient (Wildman–Crippen LogP) is 3.69. The van der Waals surface area contributed by atoms with Crippen LogP contribution < -0.4 is 11.0 Å². The van der Waals surface area contributed by atoms with Gasteiger partial charge in [0.05, 0.1) is 6.89 Å². The van der Waals surface area contributed by atoms with Crippen molar-refractivity contribution in [3.8, 4) is 0 Å². The molecule has 0 unspecified atom stereocenters. The SMILES string of the molecule is [2H]C1([2H])CN(C(=O)N[C@]2([2H])CC[C@@H](c3cccc(F)c3F)CN(CC(F)(F)F)C2=O)CC([2H])([2H])C1n1c(=O)[nH]c2ncccc21. The predicted molar refractivity (Wildman–Crippen MR) is 133 cm³/mol. The maximum Gasteiger partial charge on any atom is 0.406 e. The van der Waals surface area contributed by atoms with Crippen molar-refractivity contribution >= 4 is 23.1 Å². The van der Waals surface area contributed by atoms with Gasteiger partial charge in [0.2, 0.25) is 5.91 Å². The second kappa shape index (κ2) is 10.9. The highest BCUT2D eigenvalue weighted by Gasteiger charge is 2.40. The van der Waals surface area contributed by atoms with E-state index in [1.165, 1.54) is 18.3 Å². The molecule has 2 aromatic heterocycles. The largest absolute Gasteiger partial charge is 0.406 e. The number of benzene rings is 1. The van der Waals surface area contributed by atoms with E-state index in [0.717, 1.165) is 22.8 Å². The molecule has 14 heteroatoms. The van der Waals surface area contributed by atoms with Crippen LogP contribution >= 0.6 is 0 Å². The van der Waals surface area contributed by atoms with Gasteiger partial charge in [0.25, 0.3) is 0 Å². The average Bonchev–Trinajstić information content (AvgIpc) is 3.19. The first-order chi connectivity index (χ1) is 20.8. The first kappa shape index (κ1) is 21.8. The van der Waals surface area contributed by atoms with Gasteiger partial charge in [0.1, 0.15) is 12.6 Å². The summed E-state index contributed by atoms with van der Waals surface area (Å²) in [4.78, 5) is 46.8. The molecule has 2 N–H and O–H groups in total. The lowest BCUT2D eigenvalue weighted by atomic mass is 9.93. The van der Waals surface area contributed by atoms with Crippen molar-refractivity contribution < 1.29 is 38.4 Å². The Balaban J connectivity index is 1.42. The topological polar surface area (TPSA) is 103 Å². The number of hydrogen-bond donors (Lipinski definition) is 2. The van der Waals surface area contributed by atoms with Crippen LogP contribution in [0.4, 0.5) is 26.7 Å². The van der Waals surface area contributed by atoms with Gasteiger partial charge in [0.15, 0.2) is 17.3 Å². The monoisotopic (exact) mass is 571 g/mol. The normalized spacial score (nSPS) is 27.3. The van der Waals surface area contributed by atoms with Gasteiger partial charge in [-0.2, -0.15) is 13.2 Å². The lowest BCUT2D eigenvalue weighted by molar-refractivity contribution is -0.162. The summed E-state index contributed by atoms with van der Waals surface area (Å²) in [5.41, 5.74) is -0.960. The minimum absolute atomic E-state index is 0.0807. The Bertz CT molecular complexity index is 1680. The summed E-state index contributed by atoms with van der Waals surface area (Å²) in [5, 5.41) is 2.04. The lowest BCUT2D eigenvalue weighted by Crippen LogP contribution is -2.54. The summed E-state index contributed by atoms with van der Waals surface area (Å²) in [7, 11) is 0. The van der Waals surface area contributed by atoms with Crippen molar-refractivity contribution in [2.75, 3.05) is 26.2 Å². The van der Waals surface area contributed by atoms with Crippen molar-refractivity contribution in [1.29, 1.82) is 0 Å². The molecule has 2 atom stereocenters. The quantitative estimate of drug-likeness (QED) is 0.467. The van der Waals surface area contributed by atoms with Gasteiger partial charge in [-0.3, -0.25) is 14.3 Å². The van der Waals surface area contributed by atoms with E-state index < -0.39 is 98.8 Å². The van der Waals surface area contributed by atoms with E-state index in [2.05, 4.69) is 9.97 Å². The molecule has 0 spiro atoms. The van der Waals surface area contributed by atoms with Gasteiger partial charge in [-0.15, -0.1) is 0 Å². The molecule has 5 rings (SSSR count). The number of likely N-dealkylation sites (tertiary alicyclic amines) is 2. The van der Waals surface area contributed by atoms with Crippen LogP contribution in [0.25, 0.3) is 11.2 Å². The second-order valence-corrected chi connectivity index (χ2v) is 9.43. The number of nitrogens with one attached hydrogen (secondary N) is 2. The smallest absolute Gasteiger partial charge is 0.331 e. The van der Waals surface area contributed by atoms with Crippen molar-refractivity contribution in [3.05, 3.63) is 64.2 Å². The molecular formula is C26H27F5N6O3. The van der Waals surface area contributed by atoms with Gasteiger partial charge in [0, 0.05) is 43.3 Å². The molecule has 3 aromatic rings. The van der Waals surface area contributed by atoms with Crippen molar-refractivity contribution in [1.82, 2.24) is 29.7 Å². The van der Waals surface area contributed by atoms with E-state index in [-0.39, 0.29) is 28.0 Å². The number of nitrogens with zero attached hydrogens (tertiary/aromatic N) is 4. The number of alkyl halides is 3. The maximum absolute atomic E-state index is 14.6. The first-order valence-corrected chi connectivity index (χ1v) is 12.3. The third-order valence-electron chi connectivity index (χ3n) is 6.76. The van der Waals surface area contributed by atoms with Gasteiger partial charge in [-0.05, 0) is 49.4 Å². The Labute approximate surface area is 232 Å². The summed E-state index contributed by atoms with van der Waals surface area (Å²) < 4.78 is 113. The molecule has 2 fully saturated rings. The minimum Gasteiger partial charge on any atom is -0.331 e. The number of aromatic amines is 1. The van der Waals surface area contributed by atoms with Crippen LogP contribution in [0.2, 0.25) is 0 Å². The Hall–Kier alpha value is -3.97. The second-order valence-electron chi connectivity index (χ2n) is 9.43. The highest BCUT2D eigenvalue weighted by molar-refractivity contribution is 5.87. The zero-order chi connectivity index (χ0) is 33.1. The Morgan fingerprint density at radius 1 is 1.15 bits per heavy atom. The third kappa shape index (κ3) is 5.65. The number of urea groups is 1. The number of H-pyrrole nitrogens is 1. The molecule has 2 aliphatic rings. The Kier molecular flexibility index (Phi) is 5.94. The van der Waals surface area contributed by atoms with Crippen LogP contribution in [-0.4, -0.2) is 74.6 Å². The molecule has 214 valence electrons. The number of hydrogen-bond acceptors (Lipinski definition) is 4. The number of piperidine rings is 1. The fourth-order valence-electron chi connectivity index (χ4n) is 4.89. The van der Waals surface area contributed by atoms with Gasteiger partial charge < -0.3 is 15.1 Å². The number of carbonyl (C=O) groups is 2. The van der Waals surface area contributed by atoms with Crippen LogP contribution in [-0.2, 0) is 4.79 Å². The minimum atomic E-state index is -4.94. The molecule has 4 heterocycles. The number of halogens is 5. The number of rotatable bonds is 4. The summed E-state index contributed by atoms with van der Waals surface area (Å²) in [6.45, 7) is -4.23. The van der Waals surface area contributed by atoms with E-state index in [4.69, 9.17) is 6.85 Å². The maximum atomic E-state index is 14.6. The molecule has 2 saturated heterocycles. The van der Waals surface area contributed by atoms with Crippen molar-refractivity contribution in [2.24, 2.45) is 0 Å². The molecule has 0 aliphatic carbocycles. The average molecular weight is 572 g/mol. The zero-order valence-corrected chi connectivity index (χ0v) is 20.8. The molecule has 0 saturated carbocycles. The summed E-state index contributed by atoms with van der Waals surface area (Å²) in [6.07, 6.45) is -9.74. The molecule has 40 heavy (non-hydrogen) atoms. The molecule has 9 nitrogen and oxygen atoms in total. The van der Waals surface area contributed by atoms with Crippen LogP contribution in [0.3, 0.4) is 0 Å². The zero-order valence-electron chi connectivity index (χ0n) is 25.8. The van der Waals surface area contributed by atoms with Crippen molar-refractivity contribution in [2.45, 2.75) is 49.7 Å². The number of amides is 3. The van der Waals surface area contributed by atoms with E-state index in [1.54, 1.807) is 0 Å². The van der Waals surface area contributed by atoms with Crippen LogP contribution in [0.1, 0.15) is 50.0 Å². The van der Waals surface area contributed by atoms with E-state index in [0.29, 0.717) is 4.90 Å². The highest BCUT2D eigenvalue weighted by Crippen LogP contribution is 2.32. The number of imidazole rings is 1. The van der Waals surface area contributed by atoms with E-state index >= 15 is 0 Å². The third-order valence-corrected chi connectivity index (χ3v) is 6.76. The van der Waals surface area contributed by atoms with Crippen molar-refractivity contribution in [3.63, 3.8) is 0 Å². The fraction of sp³-hybridized carbons (Fsp3) is 0.462. The van der Waals surface area contributed by atoms with E-state index in [1.807, 2.05) is 5.32 Å². The van der Waals surface area contributed by atoms with Crippen LogP contribution in [0.15, 0.2) is 41.3 Å². The summed E-state index contributed by atoms with van der Waals surface area (Å²) in [6, 6.07) is 0.184. The van der Waals surface area contributed by atoms with E-state index in [9.17, 15) is 36.3 Å². The molecule has 1 aromatic carbocycles. The van der Waals surface area contributed by atoms with Crippen LogP contribution in [0, 0.1) is 11.6 Å². The highest BCUT2D eigenvalue weighted by atomic mass is 19.4. The molecule has 0 radical (unpaired) electrons. The Morgan fingerprint density at radius 3 is 2.62 bits per heavy atom. The molecule has 0 bridgehead atoms. The van der Waals surface area contributed by atoms with Gasteiger partial charge >= 0.3 is 17.9 Å². The number of fused-ring (bicyclic) bond motifs is 1. The molecular weight excluding hydrogens is 539 g/mol. The molecule has 3 amide bonds. The number of pyridine rings is 1. The fourth-order valence-corrected chi connectivity index (χ4v) is 4.89. The van der Waals surface area contributed by atoms with Crippen LogP contribution in [0.5, 0.6) is 0 Å².